The predicted molar refractivity (Wildman–Crippen MR) is 65.8 cm³/mol. The molecule has 1 aromatic rings. The van der Waals surface area contributed by atoms with Crippen molar-refractivity contribution in [2.75, 3.05) is 13.7 Å². The normalized spacial score (nSPS) is 12.5. The number of ether oxygens (including phenoxy) is 1. The van der Waals surface area contributed by atoms with E-state index in [2.05, 4.69) is 13.0 Å². The second-order valence-electron chi connectivity index (χ2n) is 3.93. The van der Waals surface area contributed by atoms with Gasteiger partial charge in [0.25, 0.3) is 0 Å². The lowest BCUT2D eigenvalue weighted by molar-refractivity contribution is 0.173. The first-order valence-corrected chi connectivity index (χ1v) is 5.75. The largest absolute Gasteiger partial charge is 0.496 e. The molecule has 0 amide bonds. The van der Waals surface area contributed by atoms with Crippen molar-refractivity contribution in [1.82, 2.24) is 0 Å². The zero-order valence-electron chi connectivity index (χ0n) is 10.1. The summed E-state index contributed by atoms with van der Waals surface area (Å²) in [5.41, 5.74) is 7.81. The van der Waals surface area contributed by atoms with Gasteiger partial charge >= 0.3 is 0 Å². The number of methoxy groups -OCH3 is 1. The van der Waals surface area contributed by atoms with Crippen LogP contribution in [0.25, 0.3) is 0 Å². The quantitative estimate of drug-likeness (QED) is 0.768. The average Bonchev–Trinajstić information content (AvgIpc) is 2.35. The fourth-order valence-electron chi connectivity index (χ4n) is 1.71. The molecule has 0 bridgehead atoms. The maximum Gasteiger partial charge on any atom is 0.122 e. The Kier molecular flexibility index (Phi) is 5.29. The van der Waals surface area contributed by atoms with E-state index in [1.807, 2.05) is 12.1 Å². The van der Waals surface area contributed by atoms with E-state index in [0.29, 0.717) is 13.0 Å². The first-order valence-electron chi connectivity index (χ1n) is 5.75. The van der Waals surface area contributed by atoms with Gasteiger partial charge in [-0.2, -0.15) is 0 Å². The van der Waals surface area contributed by atoms with E-state index in [4.69, 9.17) is 10.5 Å². The molecule has 0 saturated carbocycles. The van der Waals surface area contributed by atoms with E-state index in [1.165, 1.54) is 11.1 Å². The van der Waals surface area contributed by atoms with Crippen LogP contribution in [0, 0.1) is 0 Å². The minimum atomic E-state index is -0.396. The molecule has 0 fully saturated rings. The summed E-state index contributed by atoms with van der Waals surface area (Å²) in [6.45, 7) is 2.44. The molecule has 1 rings (SSSR count). The summed E-state index contributed by atoms with van der Waals surface area (Å²) < 4.78 is 5.27. The summed E-state index contributed by atoms with van der Waals surface area (Å²) in [5, 5.41) is 9.40. The molecule has 0 radical (unpaired) electrons. The van der Waals surface area contributed by atoms with E-state index in [9.17, 15) is 5.11 Å². The van der Waals surface area contributed by atoms with Crippen LogP contribution in [0.3, 0.4) is 0 Å². The number of aliphatic hydroxyl groups is 1. The number of benzene rings is 1. The molecule has 0 saturated heterocycles. The second kappa shape index (κ2) is 6.51. The van der Waals surface area contributed by atoms with Crippen LogP contribution in [-0.4, -0.2) is 24.9 Å². The van der Waals surface area contributed by atoms with Gasteiger partial charge in [0.1, 0.15) is 5.75 Å². The van der Waals surface area contributed by atoms with Crippen LogP contribution in [0.4, 0.5) is 0 Å². The van der Waals surface area contributed by atoms with E-state index >= 15 is 0 Å². The fraction of sp³-hybridized carbons (Fsp3) is 0.538. The van der Waals surface area contributed by atoms with E-state index in [-0.39, 0.29) is 0 Å². The summed E-state index contributed by atoms with van der Waals surface area (Å²) in [6.07, 6.45) is 2.13. The lowest BCUT2D eigenvalue weighted by atomic mass is 10.0. The van der Waals surface area contributed by atoms with E-state index < -0.39 is 6.10 Å². The zero-order chi connectivity index (χ0) is 12.0. The summed E-state index contributed by atoms with van der Waals surface area (Å²) in [6, 6.07) is 6.17. The average molecular weight is 223 g/mol. The molecule has 90 valence electrons. The SMILES string of the molecule is CCc1cc(CCC(O)CN)ccc1OC. The highest BCUT2D eigenvalue weighted by Gasteiger charge is 2.05. The Morgan fingerprint density at radius 3 is 2.75 bits per heavy atom. The molecule has 3 N–H and O–H groups in total. The van der Waals surface area contributed by atoms with Crippen molar-refractivity contribution >= 4 is 0 Å². The number of hydrogen-bond acceptors (Lipinski definition) is 3. The molecule has 0 heterocycles. The summed E-state index contributed by atoms with van der Waals surface area (Å²) in [7, 11) is 1.69. The third kappa shape index (κ3) is 3.51. The zero-order valence-corrected chi connectivity index (χ0v) is 10.1. The molecule has 0 aliphatic rings. The molecule has 0 aliphatic carbocycles. The van der Waals surface area contributed by atoms with E-state index in [1.54, 1.807) is 7.11 Å². The minimum absolute atomic E-state index is 0.330. The van der Waals surface area contributed by atoms with Gasteiger partial charge in [-0.3, -0.25) is 0 Å². The standard InChI is InChI=1S/C13H21NO2/c1-3-11-8-10(4-6-12(15)9-14)5-7-13(11)16-2/h5,7-8,12,15H,3-4,6,9,14H2,1-2H3. The molecule has 16 heavy (non-hydrogen) atoms. The lowest BCUT2D eigenvalue weighted by Gasteiger charge is -2.11. The number of nitrogens with two attached hydrogens (primary N) is 1. The monoisotopic (exact) mass is 223 g/mol. The van der Waals surface area contributed by atoms with Gasteiger partial charge in [0, 0.05) is 6.54 Å². The molecule has 1 unspecified atom stereocenters. The van der Waals surface area contributed by atoms with E-state index in [0.717, 1.165) is 18.6 Å². The third-order valence-corrected chi connectivity index (χ3v) is 2.76. The summed E-state index contributed by atoms with van der Waals surface area (Å²) in [4.78, 5) is 0. The topological polar surface area (TPSA) is 55.5 Å². The maximum atomic E-state index is 9.40. The maximum absolute atomic E-state index is 9.40. The van der Waals surface area contributed by atoms with Gasteiger partial charge in [0.2, 0.25) is 0 Å². The van der Waals surface area contributed by atoms with Crippen LogP contribution >= 0.6 is 0 Å². The highest BCUT2D eigenvalue weighted by atomic mass is 16.5. The lowest BCUT2D eigenvalue weighted by Crippen LogP contribution is -2.20. The van der Waals surface area contributed by atoms with Crippen molar-refractivity contribution in [1.29, 1.82) is 0 Å². The molecular formula is C13H21NO2. The molecule has 3 nitrogen and oxygen atoms in total. The number of aryl methyl sites for hydroxylation is 2. The van der Waals surface area contributed by atoms with Crippen molar-refractivity contribution in [3.05, 3.63) is 29.3 Å². The number of hydrogen-bond donors (Lipinski definition) is 2. The van der Waals surface area contributed by atoms with Crippen molar-refractivity contribution in [3.8, 4) is 5.75 Å². The predicted octanol–water partition coefficient (Wildman–Crippen LogP) is 1.51. The minimum Gasteiger partial charge on any atom is -0.496 e. The summed E-state index contributed by atoms with van der Waals surface area (Å²) >= 11 is 0. The van der Waals surface area contributed by atoms with Crippen LogP contribution in [0.2, 0.25) is 0 Å². The van der Waals surface area contributed by atoms with Crippen molar-refractivity contribution in [2.45, 2.75) is 32.3 Å². The fourth-order valence-corrected chi connectivity index (χ4v) is 1.71. The Bertz CT molecular complexity index is 326. The van der Waals surface area contributed by atoms with Gasteiger partial charge in [0.15, 0.2) is 0 Å². The van der Waals surface area contributed by atoms with Gasteiger partial charge in [-0.1, -0.05) is 19.1 Å². The molecule has 1 atom stereocenters. The van der Waals surface area contributed by atoms with Gasteiger partial charge in [0.05, 0.1) is 13.2 Å². The molecule has 0 aliphatic heterocycles. The number of rotatable bonds is 6. The van der Waals surface area contributed by atoms with Crippen molar-refractivity contribution < 1.29 is 9.84 Å². The van der Waals surface area contributed by atoms with Crippen LogP contribution in [-0.2, 0) is 12.8 Å². The van der Waals surface area contributed by atoms with Gasteiger partial charge in [-0.25, -0.2) is 0 Å². The highest BCUT2D eigenvalue weighted by molar-refractivity contribution is 5.37. The van der Waals surface area contributed by atoms with Gasteiger partial charge in [-0.15, -0.1) is 0 Å². The third-order valence-electron chi connectivity index (χ3n) is 2.76. The molecule has 0 spiro atoms. The van der Waals surface area contributed by atoms with Gasteiger partial charge < -0.3 is 15.6 Å². The first-order chi connectivity index (χ1) is 7.71. The second-order valence-corrected chi connectivity index (χ2v) is 3.93. The first kappa shape index (κ1) is 13.0. The molecule has 0 aromatic heterocycles. The Hall–Kier alpha value is -1.06. The highest BCUT2D eigenvalue weighted by Crippen LogP contribution is 2.21. The molecular weight excluding hydrogens is 202 g/mol. The molecule has 1 aromatic carbocycles. The van der Waals surface area contributed by atoms with Crippen LogP contribution in [0.5, 0.6) is 5.75 Å². The Morgan fingerprint density at radius 2 is 2.19 bits per heavy atom. The van der Waals surface area contributed by atoms with Crippen LogP contribution in [0.15, 0.2) is 18.2 Å². The Labute approximate surface area is 97.2 Å². The Morgan fingerprint density at radius 1 is 1.44 bits per heavy atom. The van der Waals surface area contributed by atoms with Crippen molar-refractivity contribution in [3.63, 3.8) is 0 Å². The van der Waals surface area contributed by atoms with Crippen LogP contribution < -0.4 is 10.5 Å². The summed E-state index contributed by atoms with van der Waals surface area (Å²) in [5.74, 6) is 0.936. The molecule has 3 heteroatoms. The van der Waals surface area contributed by atoms with Gasteiger partial charge in [-0.05, 0) is 36.5 Å². The Balaban J connectivity index is 2.67. The van der Waals surface area contributed by atoms with Crippen LogP contribution in [0.1, 0.15) is 24.5 Å². The smallest absolute Gasteiger partial charge is 0.122 e. The number of aliphatic hydroxyl groups excluding tert-OH is 1. The van der Waals surface area contributed by atoms with Crippen molar-refractivity contribution in [2.24, 2.45) is 5.73 Å².